The summed E-state index contributed by atoms with van der Waals surface area (Å²) in [6, 6.07) is 6.73. The standard InChI is InChI=1S/C16H19N5O4/c1-10-14(22)17-16(20-18-10)21-19-15(23)11-4-6-12(7-5-11)25-9-13-3-2-8-24-13/h4-7,13H,2-3,8-9H2,1H3,(H,19,23)(H2,17,20,21,22)/t13-/m1/s1. The van der Waals surface area contributed by atoms with E-state index in [0.717, 1.165) is 19.4 Å². The summed E-state index contributed by atoms with van der Waals surface area (Å²) in [6.07, 6.45) is 2.22. The predicted octanol–water partition coefficient (Wildman–Crippen LogP) is 0.788. The van der Waals surface area contributed by atoms with Crippen LogP contribution >= 0.6 is 0 Å². The number of hydrogen-bond donors (Lipinski definition) is 3. The molecule has 2 heterocycles. The molecule has 1 aliphatic rings. The fourth-order valence-corrected chi connectivity index (χ4v) is 2.31. The number of benzene rings is 1. The van der Waals surface area contributed by atoms with Crippen molar-refractivity contribution in [3.05, 3.63) is 45.9 Å². The lowest BCUT2D eigenvalue weighted by molar-refractivity contribution is 0.0679. The molecule has 1 atom stereocenters. The fourth-order valence-electron chi connectivity index (χ4n) is 2.31. The van der Waals surface area contributed by atoms with Crippen molar-refractivity contribution in [2.75, 3.05) is 18.6 Å². The summed E-state index contributed by atoms with van der Waals surface area (Å²) in [5.41, 5.74) is 5.25. The van der Waals surface area contributed by atoms with E-state index < -0.39 is 0 Å². The third kappa shape index (κ3) is 4.54. The highest BCUT2D eigenvalue weighted by atomic mass is 16.5. The summed E-state index contributed by atoms with van der Waals surface area (Å²) in [4.78, 5) is 25.9. The van der Waals surface area contributed by atoms with Gasteiger partial charge < -0.3 is 9.47 Å². The smallest absolute Gasteiger partial charge is 0.274 e. The highest BCUT2D eigenvalue weighted by molar-refractivity contribution is 5.94. The normalized spacial score (nSPS) is 16.4. The van der Waals surface area contributed by atoms with Gasteiger partial charge in [-0.2, -0.15) is 0 Å². The Bertz CT molecular complexity index is 784. The van der Waals surface area contributed by atoms with Crippen molar-refractivity contribution in [1.29, 1.82) is 0 Å². The molecular formula is C16H19N5O4. The Labute approximate surface area is 143 Å². The number of carbonyl (C=O) groups is 1. The van der Waals surface area contributed by atoms with Gasteiger partial charge in [0.25, 0.3) is 11.5 Å². The van der Waals surface area contributed by atoms with Crippen molar-refractivity contribution < 1.29 is 14.3 Å². The lowest BCUT2D eigenvalue weighted by Gasteiger charge is -2.12. The summed E-state index contributed by atoms with van der Waals surface area (Å²) in [5.74, 6) is 0.350. The number of ether oxygens (including phenoxy) is 2. The molecule has 0 bridgehead atoms. The van der Waals surface area contributed by atoms with E-state index in [-0.39, 0.29) is 29.2 Å². The fraction of sp³-hybridized carbons (Fsp3) is 0.375. The van der Waals surface area contributed by atoms with Gasteiger partial charge in [-0.1, -0.05) is 0 Å². The van der Waals surface area contributed by atoms with E-state index in [4.69, 9.17) is 9.47 Å². The number of nitrogens with one attached hydrogen (secondary N) is 3. The molecular weight excluding hydrogens is 326 g/mol. The Balaban J connectivity index is 1.51. The van der Waals surface area contributed by atoms with Crippen LogP contribution in [0, 0.1) is 6.92 Å². The van der Waals surface area contributed by atoms with Gasteiger partial charge in [0, 0.05) is 12.2 Å². The molecule has 1 amide bonds. The average Bonchev–Trinajstić information content (AvgIpc) is 3.15. The molecule has 3 rings (SSSR count). The van der Waals surface area contributed by atoms with Gasteiger partial charge in [-0.25, -0.2) is 0 Å². The Hall–Kier alpha value is -2.94. The van der Waals surface area contributed by atoms with Crippen LogP contribution in [0.5, 0.6) is 5.75 Å². The van der Waals surface area contributed by atoms with Crippen molar-refractivity contribution >= 4 is 11.9 Å². The first kappa shape index (κ1) is 16.9. The zero-order valence-electron chi connectivity index (χ0n) is 13.7. The zero-order valence-corrected chi connectivity index (χ0v) is 13.7. The van der Waals surface area contributed by atoms with Crippen LogP contribution in [0.15, 0.2) is 29.1 Å². The van der Waals surface area contributed by atoms with E-state index >= 15 is 0 Å². The third-order valence-corrected chi connectivity index (χ3v) is 3.73. The van der Waals surface area contributed by atoms with Gasteiger partial charge in [-0.05, 0) is 44.0 Å². The van der Waals surface area contributed by atoms with Crippen molar-refractivity contribution in [2.45, 2.75) is 25.9 Å². The number of rotatable bonds is 6. The van der Waals surface area contributed by atoms with Crippen molar-refractivity contribution in [3.8, 4) is 5.75 Å². The van der Waals surface area contributed by atoms with Crippen LogP contribution in [0.1, 0.15) is 28.9 Å². The summed E-state index contributed by atoms with van der Waals surface area (Å²) in [6.45, 7) is 2.83. The van der Waals surface area contributed by atoms with E-state index in [2.05, 4.69) is 26.0 Å². The molecule has 0 saturated carbocycles. The van der Waals surface area contributed by atoms with E-state index in [1.165, 1.54) is 6.92 Å². The number of aryl methyl sites for hydroxylation is 1. The maximum atomic E-state index is 12.1. The van der Waals surface area contributed by atoms with Gasteiger partial charge in [0.2, 0.25) is 5.95 Å². The third-order valence-electron chi connectivity index (χ3n) is 3.73. The number of H-pyrrole nitrogens is 1. The van der Waals surface area contributed by atoms with Crippen LogP contribution in [0.3, 0.4) is 0 Å². The summed E-state index contributed by atoms with van der Waals surface area (Å²) < 4.78 is 11.1. The number of aromatic nitrogens is 3. The highest BCUT2D eigenvalue weighted by Gasteiger charge is 2.16. The summed E-state index contributed by atoms with van der Waals surface area (Å²) in [5, 5.41) is 7.38. The molecule has 0 radical (unpaired) electrons. The topological polar surface area (TPSA) is 118 Å². The second-order valence-corrected chi connectivity index (χ2v) is 5.64. The maximum absolute atomic E-state index is 12.1. The first-order chi connectivity index (χ1) is 12.1. The highest BCUT2D eigenvalue weighted by Crippen LogP contribution is 2.16. The summed E-state index contributed by atoms with van der Waals surface area (Å²) in [7, 11) is 0. The SMILES string of the molecule is Cc1nnc(NNC(=O)c2ccc(OC[C@H]3CCCO3)cc2)[nH]c1=O. The van der Waals surface area contributed by atoms with Gasteiger partial charge in [0.1, 0.15) is 18.1 Å². The molecule has 1 aromatic carbocycles. The lowest BCUT2D eigenvalue weighted by Crippen LogP contribution is -2.31. The number of aromatic amines is 1. The number of hydrogen-bond acceptors (Lipinski definition) is 7. The van der Waals surface area contributed by atoms with Crippen molar-refractivity contribution in [3.63, 3.8) is 0 Å². The molecule has 1 saturated heterocycles. The van der Waals surface area contributed by atoms with E-state index in [1.54, 1.807) is 24.3 Å². The van der Waals surface area contributed by atoms with Gasteiger partial charge >= 0.3 is 0 Å². The van der Waals surface area contributed by atoms with E-state index in [0.29, 0.717) is 17.9 Å². The number of anilines is 1. The Morgan fingerprint density at radius 2 is 2.16 bits per heavy atom. The molecule has 1 aromatic heterocycles. The minimum atomic E-state index is -0.381. The molecule has 1 aliphatic heterocycles. The van der Waals surface area contributed by atoms with Gasteiger partial charge in [0.15, 0.2) is 0 Å². The molecule has 3 N–H and O–H groups in total. The number of carbonyl (C=O) groups excluding carboxylic acids is 1. The van der Waals surface area contributed by atoms with Crippen LogP contribution in [-0.2, 0) is 4.74 Å². The molecule has 132 valence electrons. The lowest BCUT2D eigenvalue weighted by atomic mass is 10.2. The van der Waals surface area contributed by atoms with Gasteiger partial charge in [-0.3, -0.25) is 25.4 Å². The molecule has 1 fully saturated rings. The molecule has 0 spiro atoms. The number of hydrazine groups is 1. The molecule has 0 unspecified atom stereocenters. The molecule has 9 nitrogen and oxygen atoms in total. The Kier molecular flexibility index (Phi) is 5.24. The Morgan fingerprint density at radius 3 is 2.84 bits per heavy atom. The second-order valence-electron chi connectivity index (χ2n) is 5.64. The van der Waals surface area contributed by atoms with Crippen molar-refractivity contribution in [1.82, 2.24) is 20.6 Å². The Morgan fingerprint density at radius 1 is 1.36 bits per heavy atom. The predicted molar refractivity (Wildman–Crippen MR) is 89.4 cm³/mol. The van der Waals surface area contributed by atoms with E-state index in [9.17, 15) is 9.59 Å². The number of amides is 1. The van der Waals surface area contributed by atoms with Gasteiger partial charge in [0.05, 0.1) is 6.10 Å². The molecule has 25 heavy (non-hydrogen) atoms. The van der Waals surface area contributed by atoms with Crippen LogP contribution in [0.2, 0.25) is 0 Å². The molecule has 2 aromatic rings. The second kappa shape index (κ2) is 7.75. The maximum Gasteiger partial charge on any atom is 0.274 e. The molecule has 9 heteroatoms. The first-order valence-electron chi connectivity index (χ1n) is 7.96. The van der Waals surface area contributed by atoms with E-state index in [1.807, 2.05) is 0 Å². The van der Waals surface area contributed by atoms with Crippen LogP contribution < -0.4 is 21.1 Å². The van der Waals surface area contributed by atoms with Gasteiger partial charge in [-0.15, -0.1) is 10.2 Å². The average molecular weight is 345 g/mol. The first-order valence-corrected chi connectivity index (χ1v) is 7.96. The summed E-state index contributed by atoms with van der Waals surface area (Å²) >= 11 is 0. The number of nitrogens with zero attached hydrogens (tertiary/aromatic N) is 2. The monoisotopic (exact) mass is 345 g/mol. The van der Waals surface area contributed by atoms with Crippen LogP contribution in [-0.4, -0.2) is 40.4 Å². The van der Waals surface area contributed by atoms with Crippen molar-refractivity contribution in [2.24, 2.45) is 0 Å². The van der Waals surface area contributed by atoms with Crippen LogP contribution in [0.25, 0.3) is 0 Å². The quantitative estimate of drug-likeness (QED) is 0.662. The molecule has 0 aliphatic carbocycles. The minimum Gasteiger partial charge on any atom is -0.491 e. The minimum absolute atomic E-state index is 0.0560. The zero-order chi connectivity index (χ0) is 17.6. The van der Waals surface area contributed by atoms with Crippen LogP contribution in [0.4, 0.5) is 5.95 Å². The largest absolute Gasteiger partial charge is 0.491 e.